The molecule has 0 radical (unpaired) electrons. The topological polar surface area (TPSA) is 59.1 Å². The van der Waals surface area contributed by atoms with E-state index in [9.17, 15) is 9.59 Å². The van der Waals surface area contributed by atoms with E-state index in [1.807, 2.05) is 24.3 Å². The number of methoxy groups -OCH3 is 2. The van der Waals surface area contributed by atoms with Crippen LogP contribution in [0.15, 0.2) is 60.9 Å². The minimum atomic E-state index is -0.327. The highest BCUT2D eigenvalue weighted by molar-refractivity contribution is 5.89. The van der Waals surface area contributed by atoms with Crippen molar-refractivity contribution in [3.8, 4) is 0 Å². The van der Waals surface area contributed by atoms with Gasteiger partial charge in [-0.25, -0.2) is 9.59 Å². The van der Waals surface area contributed by atoms with Crippen molar-refractivity contribution in [1.29, 1.82) is 0 Å². The van der Waals surface area contributed by atoms with E-state index in [1.54, 1.807) is 24.3 Å². The molecule has 0 spiro atoms. The van der Waals surface area contributed by atoms with Crippen molar-refractivity contribution in [2.75, 3.05) is 20.9 Å². The molecule has 2 aromatic carbocycles. The first kappa shape index (κ1) is 18.5. The Balaban J connectivity index is 1.52. The average Bonchev–Trinajstić information content (AvgIpc) is 3.14. The smallest absolute Gasteiger partial charge is 0.337 e. The summed E-state index contributed by atoms with van der Waals surface area (Å²) in [7, 11) is 2.76. The maximum absolute atomic E-state index is 11.5. The van der Waals surface area contributed by atoms with Gasteiger partial charge in [0.1, 0.15) is 0 Å². The molecule has 0 fully saturated rings. The van der Waals surface area contributed by atoms with Gasteiger partial charge in [-0.1, -0.05) is 24.3 Å². The van der Waals surface area contributed by atoms with Gasteiger partial charge < -0.3 is 19.3 Å². The first-order valence-corrected chi connectivity index (χ1v) is 8.60. The van der Waals surface area contributed by atoms with Crippen LogP contribution in [0.4, 0.5) is 0 Å². The van der Waals surface area contributed by atoms with Crippen LogP contribution < -0.4 is 0 Å². The predicted molar refractivity (Wildman–Crippen MR) is 101 cm³/mol. The largest absolute Gasteiger partial charge is 0.465 e. The predicted octanol–water partition coefficient (Wildman–Crippen LogP) is 3.01. The SMILES string of the molecule is COC(=O)c1ccc(CN2C=CN(Cc3ccc(C(=O)OC)cc3)C2)cc1. The van der Waals surface area contributed by atoms with Crippen LogP contribution in [0.25, 0.3) is 0 Å². The van der Waals surface area contributed by atoms with Crippen LogP contribution >= 0.6 is 0 Å². The molecule has 0 bridgehead atoms. The van der Waals surface area contributed by atoms with Gasteiger partial charge in [0.25, 0.3) is 0 Å². The van der Waals surface area contributed by atoms with Crippen LogP contribution in [-0.4, -0.2) is 42.6 Å². The van der Waals surface area contributed by atoms with Gasteiger partial charge in [-0.2, -0.15) is 0 Å². The van der Waals surface area contributed by atoms with Crippen molar-refractivity contribution in [2.24, 2.45) is 0 Å². The second kappa shape index (κ2) is 8.40. The average molecular weight is 366 g/mol. The Morgan fingerprint density at radius 2 is 1.11 bits per heavy atom. The van der Waals surface area contributed by atoms with Gasteiger partial charge in [0.15, 0.2) is 0 Å². The Kier molecular flexibility index (Phi) is 5.76. The standard InChI is InChI=1S/C21H22N2O4/c1-26-20(24)18-7-3-16(4-8-18)13-22-11-12-23(15-22)14-17-5-9-19(10-6-17)21(25)27-2/h3-12H,13-15H2,1-2H3. The van der Waals surface area contributed by atoms with Crippen LogP contribution in [0, 0.1) is 0 Å². The van der Waals surface area contributed by atoms with Crippen LogP contribution in [0.2, 0.25) is 0 Å². The van der Waals surface area contributed by atoms with E-state index in [1.165, 1.54) is 14.2 Å². The minimum absolute atomic E-state index is 0.327. The highest BCUT2D eigenvalue weighted by atomic mass is 16.5. The van der Waals surface area contributed by atoms with Crippen LogP contribution in [-0.2, 0) is 22.6 Å². The van der Waals surface area contributed by atoms with Gasteiger partial charge in [0.2, 0.25) is 0 Å². The van der Waals surface area contributed by atoms with Crippen LogP contribution in [0.3, 0.4) is 0 Å². The molecule has 1 heterocycles. The number of esters is 2. The number of nitrogens with zero attached hydrogens (tertiary/aromatic N) is 2. The molecule has 27 heavy (non-hydrogen) atoms. The fourth-order valence-electron chi connectivity index (χ4n) is 2.92. The first-order chi connectivity index (χ1) is 13.1. The molecule has 0 saturated heterocycles. The van der Waals surface area contributed by atoms with E-state index in [0.29, 0.717) is 11.1 Å². The molecule has 3 rings (SSSR count). The molecule has 0 saturated carbocycles. The summed E-state index contributed by atoms with van der Waals surface area (Å²) in [6.45, 7) is 2.29. The molecule has 0 atom stereocenters. The van der Waals surface area contributed by atoms with Gasteiger partial charge in [-0.3, -0.25) is 0 Å². The summed E-state index contributed by atoms with van der Waals surface area (Å²) in [5, 5.41) is 0. The fourth-order valence-corrected chi connectivity index (χ4v) is 2.92. The van der Waals surface area contributed by atoms with E-state index in [4.69, 9.17) is 9.47 Å². The normalized spacial score (nSPS) is 13.0. The maximum Gasteiger partial charge on any atom is 0.337 e. The van der Waals surface area contributed by atoms with E-state index in [0.717, 1.165) is 30.9 Å². The number of hydrogen-bond donors (Lipinski definition) is 0. The van der Waals surface area contributed by atoms with Gasteiger partial charge in [-0.05, 0) is 35.4 Å². The molecular formula is C21H22N2O4. The zero-order valence-corrected chi connectivity index (χ0v) is 15.4. The molecular weight excluding hydrogens is 344 g/mol. The van der Waals surface area contributed by atoms with Gasteiger partial charge in [0.05, 0.1) is 32.0 Å². The quantitative estimate of drug-likeness (QED) is 0.733. The Morgan fingerprint density at radius 1 is 0.741 bits per heavy atom. The molecule has 6 heteroatoms. The molecule has 6 nitrogen and oxygen atoms in total. The highest BCUT2D eigenvalue weighted by Crippen LogP contribution is 2.16. The Bertz CT molecular complexity index is 759. The summed E-state index contributed by atoms with van der Waals surface area (Å²) in [6, 6.07) is 14.9. The number of carbonyl (C=O) groups is 2. The van der Waals surface area contributed by atoms with Crippen molar-refractivity contribution >= 4 is 11.9 Å². The van der Waals surface area contributed by atoms with Crippen LogP contribution in [0.1, 0.15) is 31.8 Å². The summed E-state index contributed by atoms with van der Waals surface area (Å²) < 4.78 is 9.43. The van der Waals surface area contributed by atoms with E-state index < -0.39 is 0 Å². The maximum atomic E-state index is 11.5. The second-order valence-corrected chi connectivity index (χ2v) is 6.31. The van der Waals surface area contributed by atoms with Gasteiger partial charge in [-0.15, -0.1) is 0 Å². The number of rotatable bonds is 6. The third kappa shape index (κ3) is 4.67. The first-order valence-electron chi connectivity index (χ1n) is 8.60. The van der Waals surface area contributed by atoms with Crippen molar-refractivity contribution in [3.05, 3.63) is 83.2 Å². The summed E-state index contributed by atoms with van der Waals surface area (Å²) in [4.78, 5) is 27.4. The highest BCUT2D eigenvalue weighted by Gasteiger charge is 2.14. The summed E-state index contributed by atoms with van der Waals surface area (Å²) >= 11 is 0. The monoisotopic (exact) mass is 366 g/mol. The Morgan fingerprint density at radius 3 is 1.44 bits per heavy atom. The number of benzene rings is 2. The number of ether oxygens (including phenoxy) is 2. The lowest BCUT2D eigenvalue weighted by molar-refractivity contribution is 0.0592. The summed E-state index contributed by atoms with van der Waals surface area (Å²) in [5.74, 6) is -0.654. The lowest BCUT2D eigenvalue weighted by atomic mass is 10.1. The molecule has 2 aromatic rings. The lowest BCUT2D eigenvalue weighted by Crippen LogP contribution is -2.24. The Labute approximate surface area is 158 Å². The molecule has 1 aliphatic rings. The summed E-state index contributed by atoms with van der Waals surface area (Å²) in [5.41, 5.74) is 3.35. The van der Waals surface area contributed by atoms with Crippen molar-refractivity contribution in [1.82, 2.24) is 9.80 Å². The minimum Gasteiger partial charge on any atom is -0.465 e. The molecule has 0 aromatic heterocycles. The third-order valence-corrected chi connectivity index (χ3v) is 4.37. The number of hydrogen-bond acceptors (Lipinski definition) is 6. The Hall–Kier alpha value is -3.28. The van der Waals surface area contributed by atoms with E-state index in [2.05, 4.69) is 22.2 Å². The fraction of sp³-hybridized carbons (Fsp3) is 0.238. The lowest BCUT2D eigenvalue weighted by Gasteiger charge is -2.21. The van der Waals surface area contributed by atoms with Crippen molar-refractivity contribution < 1.29 is 19.1 Å². The number of carbonyl (C=O) groups excluding carboxylic acids is 2. The van der Waals surface area contributed by atoms with Crippen molar-refractivity contribution in [3.63, 3.8) is 0 Å². The second-order valence-electron chi connectivity index (χ2n) is 6.31. The molecule has 140 valence electrons. The molecule has 0 unspecified atom stereocenters. The molecule has 1 aliphatic heterocycles. The van der Waals surface area contributed by atoms with E-state index in [-0.39, 0.29) is 11.9 Å². The zero-order chi connectivity index (χ0) is 19.2. The van der Waals surface area contributed by atoms with Crippen LogP contribution in [0.5, 0.6) is 0 Å². The molecule has 0 N–H and O–H groups in total. The molecule has 0 aliphatic carbocycles. The molecule has 0 amide bonds. The zero-order valence-electron chi connectivity index (χ0n) is 15.4. The van der Waals surface area contributed by atoms with Gasteiger partial charge in [0, 0.05) is 25.5 Å². The third-order valence-electron chi connectivity index (χ3n) is 4.37. The van der Waals surface area contributed by atoms with E-state index >= 15 is 0 Å². The van der Waals surface area contributed by atoms with Gasteiger partial charge >= 0.3 is 11.9 Å². The summed E-state index contributed by atoms with van der Waals surface area (Å²) in [6.07, 6.45) is 4.11. The van der Waals surface area contributed by atoms with Crippen molar-refractivity contribution in [2.45, 2.75) is 13.1 Å².